The smallest absolute Gasteiger partial charge is 0.339 e. The molecule has 0 aliphatic heterocycles. The number of aromatic nitrogens is 1. The van der Waals surface area contributed by atoms with Crippen LogP contribution in [0.3, 0.4) is 0 Å². The molecule has 2 N–H and O–H groups in total. The van der Waals surface area contributed by atoms with Crippen LogP contribution in [0, 0.1) is 6.92 Å². The van der Waals surface area contributed by atoms with Crippen molar-refractivity contribution in [2.45, 2.75) is 18.7 Å². The number of nitrogens with zero attached hydrogens (tertiary/aromatic N) is 1. The summed E-state index contributed by atoms with van der Waals surface area (Å²) in [6.07, 6.45) is 1.48. The number of urea groups is 1. The molecule has 1 aromatic carbocycles. The number of anilines is 1. The van der Waals surface area contributed by atoms with Crippen molar-refractivity contribution in [3.05, 3.63) is 53.7 Å². The van der Waals surface area contributed by atoms with E-state index >= 15 is 0 Å². The van der Waals surface area contributed by atoms with Crippen molar-refractivity contribution in [2.75, 3.05) is 11.9 Å². The van der Waals surface area contributed by atoms with Gasteiger partial charge in [0, 0.05) is 6.20 Å². The van der Waals surface area contributed by atoms with Crippen LogP contribution in [0.5, 0.6) is 0 Å². The predicted molar refractivity (Wildman–Crippen MR) is 90.7 cm³/mol. The Balaban J connectivity index is 2.22. The maximum atomic E-state index is 12.4. The first-order chi connectivity index (χ1) is 11.8. The molecule has 0 atom stereocenters. The van der Waals surface area contributed by atoms with Crippen molar-refractivity contribution in [3.63, 3.8) is 0 Å². The summed E-state index contributed by atoms with van der Waals surface area (Å²) in [7, 11) is -4.27. The minimum atomic E-state index is -4.27. The molecule has 9 heteroatoms. The third kappa shape index (κ3) is 4.77. The van der Waals surface area contributed by atoms with Gasteiger partial charge in [-0.3, -0.25) is 5.32 Å². The molecular formula is C16H17N3O5S. The van der Waals surface area contributed by atoms with Crippen molar-refractivity contribution in [1.82, 2.24) is 9.71 Å². The van der Waals surface area contributed by atoms with Crippen LogP contribution in [0.2, 0.25) is 0 Å². The molecule has 0 radical (unpaired) electrons. The van der Waals surface area contributed by atoms with Crippen molar-refractivity contribution in [2.24, 2.45) is 0 Å². The van der Waals surface area contributed by atoms with Gasteiger partial charge in [0.2, 0.25) is 0 Å². The summed E-state index contributed by atoms with van der Waals surface area (Å²) >= 11 is 0. The Kier molecular flexibility index (Phi) is 5.71. The van der Waals surface area contributed by atoms with Crippen LogP contribution in [0.25, 0.3) is 0 Å². The quantitative estimate of drug-likeness (QED) is 0.786. The third-order valence-electron chi connectivity index (χ3n) is 3.06. The molecule has 2 amide bonds. The van der Waals surface area contributed by atoms with Crippen LogP contribution < -0.4 is 10.0 Å². The molecule has 1 heterocycles. The molecule has 0 aliphatic rings. The lowest BCUT2D eigenvalue weighted by Crippen LogP contribution is -2.35. The summed E-state index contributed by atoms with van der Waals surface area (Å²) in [6.45, 7) is 3.51. The minimum absolute atomic E-state index is 0.0974. The molecule has 8 nitrogen and oxygen atoms in total. The Hall–Kier alpha value is -2.94. The van der Waals surface area contributed by atoms with E-state index in [2.05, 4.69) is 10.3 Å². The van der Waals surface area contributed by atoms with Gasteiger partial charge in [-0.25, -0.2) is 27.7 Å². The van der Waals surface area contributed by atoms with E-state index in [1.165, 1.54) is 30.5 Å². The number of rotatable bonds is 5. The van der Waals surface area contributed by atoms with Crippen LogP contribution in [0.1, 0.15) is 22.8 Å². The molecule has 0 saturated heterocycles. The van der Waals surface area contributed by atoms with Crippen LogP contribution in [0.15, 0.2) is 47.5 Å². The molecule has 132 valence electrons. The summed E-state index contributed by atoms with van der Waals surface area (Å²) in [5.41, 5.74) is 0.694. The first-order valence-corrected chi connectivity index (χ1v) is 8.84. The SMILES string of the molecule is CCOC(=O)c1ccccc1S(=O)(=O)NC(=O)Nc1cc(C)ccn1. The molecule has 1 aromatic heterocycles. The van der Waals surface area contributed by atoms with Crippen LogP contribution >= 0.6 is 0 Å². The van der Waals surface area contributed by atoms with Crippen LogP contribution in [0.4, 0.5) is 10.6 Å². The monoisotopic (exact) mass is 363 g/mol. The van der Waals surface area contributed by atoms with Crippen molar-refractivity contribution in [1.29, 1.82) is 0 Å². The fraction of sp³-hybridized carbons (Fsp3) is 0.188. The van der Waals surface area contributed by atoms with Gasteiger partial charge in [0.15, 0.2) is 0 Å². The normalized spacial score (nSPS) is 10.8. The molecule has 0 aliphatic carbocycles. The predicted octanol–water partition coefficient (Wildman–Crippen LogP) is 2.08. The first-order valence-electron chi connectivity index (χ1n) is 7.36. The van der Waals surface area contributed by atoms with Crippen LogP contribution in [-0.2, 0) is 14.8 Å². The maximum Gasteiger partial charge on any atom is 0.339 e. The number of benzene rings is 1. The number of ether oxygens (including phenoxy) is 1. The van der Waals surface area contributed by atoms with E-state index in [0.29, 0.717) is 0 Å². The van der Waals surface area contributed by atoms with Gasteiger partial charge < -0.3 is 4.74 Å². The molecule has 2 aromatic rings. The highest BCUT2D eigenvalue weighted by atomic mass is 32.2. The lowest BCUT2D eigenvalue weighted by atomic mass is 10.2. The van der Waals surface area contributed by atoms with Gasteiger partial charge in [-0.05, 0) is 43.7 Å². The molecule has 0 spiro atoms. The fourth-order valence-corrected chi connectivity index (χ4v) is 3.11. The number of esters is 1. The Labute approximate surface area is 145 Å². The van der Waals surface area contributed by atoms with E-state index < -0.39 is 22.0 Å². The highest BCUT2D eigenvalue weighted by Crippen LogP contribution is 2.16. The van der Waals surface area contributed by atoms with E-state index in [4.69, 9.17) is 4.74 Å². The zero-order valence-corrected chi connectivity index (χ0v) is 14.5. The van der Waals surface area contributed by atoms with Gasteiger partial charge >= 0.3 is 12.0 Å². The molecule has 0 fully saturated rings. The van der Waals surface area contributed by atoms with Gasteiger partial charge in [0.1, 0.15) is 10.7 Å². The molecule has 0 saturated carbocycles. The average Bonchev–Trinajstić information content (AvgIpc) is 2.54. The zero-order valence-electron chi connectivity index (χ0n) is 13.6. The fourth-order valence-electron chi connectivity index (χ4n) is 2.00. The van der Waals surface area contributed by atoms with E-state index in [-0.39, 0.29) is 22.9 Å². The number of aryl methyl sites for hydroxylation is 1. The maximum absolute atomic E-state index is 12.4. The van der Waals surface area contributed by atoms with Gasteiger partial charge in [-0.15, -0.1) is 0 Å². The minimum Gasteiger partial charge on any atom is -0.462 e. The average molecular weight is 363 g/mol. The second-order valence-electron chi connectivity index (χ2n) is 4.99. The van der Waals surface area contributed by atoms with Crippen LogP contribution in [-0.4, -0.2) is 32.0 Å². The van der Waals surface area contributed by atoms with E-state index in [1.54, 1.807) is 26.0 Å². The van der Waals surface area contributed by atoms with E-state index in [0.717, 1.165) is 5.56 Å². The number of amides is 2. The number of sulfonamides is 1. The Bertz CT molecular complexity index is 896. The number of nitrogens with one attached hydrogen (secondary N) is 2. The standard InChI is InChI=1S/C16H17N3O5S/c1-3-24-15(20)12-6-4-5-7-13(12)25(22,23)19-16(21)18-14-10-11(2)8-9-17-14/h4-10H,3H2,1-2H3,(H2,17,18,19,21). The summed E-state index contributed by atoms with van der Waals surface area (Å²) in [5.74, 6) is -0.587. The number of carbonyl (C=O) groups excluding carboxylic acids is 2. The second-order valence-corrected chi connectivity index (χ2v) is 6.65. The largest absolute Gasteiger partial charge is 0.462 e. The summed E-state index contributed by atoms with van der Waals surface area (Å²) in [6, 6.07) is 7.80. The molecule has 25 heavy (non-hydrogen) atoms. The van der Waals surface area contributed by atoms with Crippen molar-refractivity contribution < 1.29 is 22.7 Å². The number of carbonyl (C=O) groups is 2. The molecule has 0 unspecified atom stereocenters. The highest BCUT2D eigenvalue weighted by Gasteiger charge is 2.24. The highest BCUT2D eigenvalue weighted by molar-refractivity contribution is 7.90. The number of pyridine rings is 1. The number of hydrogen-bond acceptors (Lipinski definition) is 6. The summed E-state index contributed by atoms with van der Waals surface area (Å²) in [5, 5.41) is 2.33. The van der Waals surface area contributed by atoms with Gasteiger partial charge in [0.05, 0.1) is 12.2 Å². The topological polar surface area (TPSA) is 114 Å². The third-order valence-corrected chi connectivity index (χ3v) is 4.45. The van der Waals surface area contributed by atoms with E-state index in [9.17, 15) is 18.0 Å². The van der Waals surface area contributed by atoms with Gasteiger partial charge in [0.25, 0.3) is 10.0 Å². The number of hydrogen-bond donors (Lipinski definition) is 2. The van der Waals surface area contributed by atoms with E-state index in [1.807, 2.05) is 4.72 Å². The zero-order chi connectivity index (χ0) is 18.4. The Morgan fingerprint density at radius 3 is 2.60 bits per heavy atom. The molecular weight excluding hydrogens is 346 g/mol. The lowest BCUT2D eigenvalue weighted by Gasteiger charge is -2.11. The van der Waals surface area contributed by atoms with Crippen molar-refractivity contribution in [3.8, 4) is 0 Å². The Morgan fingerprint density at radius 2 is 1.92 bits per heavy atom. The second kappa shape index (κ2) is 7.75. The molecule has 2 rings (SSSR count). The Morgan fingerprint density at radius 1 is 1.20 bits per heavy atom. The molecule has 0 bridgehead atoms. The summed E-state index contributed by atoms with van der Waals surface area (Å²) < 4.78 is 31.5. The van der Waals surface area contributed by atoms with Gasteiger partial charge in [-0.2, -0.15) is 0 Å². The first kappa shape index (κ1) is 18.4. The van der Waals surface area contributed by atoms with Crippen molar-refractivity contribution >= 4 is 27.8 Å². The lowest BCUT2D eigenvalue weighted by molar-refractivity contribution is 0.0521. The summed E-state index contributed by atoms with van der Waals surface area (Å²) in [4.78, 5) is 27.4. The van der Waals surface area contributed by atoms with Gasteiger partial charge in [-0.1, -0.05) is 12.1 Å².